The van der Waals surface area contributed by atoms with E-state index in [1.165, 1.54) is 16.7 Å². The third-order valence-corrected chi connectivity index (χ3v) is 3.46. The van der Waals surface area contributed by atoms with Gasteiger partial charge in [0.1, 0.15) is 0 Å². The molecule has 1 aliphatic rings. The second kappa shape index (κ2) is 5.36. The number of rotatable bonds is 3. The molecule has 0 fully saturated rings. The van der Waals surface area contributed by atoms with Crippen LogP contribution >= 0.6 is 0 Å². The predicted molar refractivity (Wildman–Crippen MR) is 77.0 cm³/mol. The predicted octanol–water partition coefficient (Wildman–Crippen LogP) is 2.00. The summed E-state index contributed by atoms with van der Waals surface area (Å²) in [6.45, 7) is 1.28. The van der Waals surface area contributed by atoms with E-state index in [9.17, 15) is 0 Å². The highest BCUT2D eigenvalue weighted by Crippen LogP contribution is 2.30. The highest BCUT2D eigenvalue weighted by atomic mass is 15.1. The van der Waals surface area contributed by atoms with Gasteiger partial charge in [-0.15, -0.1) is 0 Å². The van der Waals surface area contributed by atoms with Gasteiger partial charge in [0.15, 0.2) is 0 Å². The zero-order chi connectivity index (χ0) is 13.1. The molecule has 0 atom stereocenters. The van der Waals surface area contributed by atoms with Crippen molar-refractivity contribution in [2.24, 2.45) is 5.73 Å². The van der Waals surface area contributed by atoms with E-state index < -0.39 is 0 Å². The van der Waals surface area contributed by atoms with Gasteiger partial charge < -0.3 is 11.1 Å². The lowest BCUT2D eigenvalue weighted by Gasteiger charge is -2.10. The Labute approximate surface area is 113 Å². The van der Waals surface area contributed by atoms with Crippen LogP contribution in [0.15, 0.2) is 30.5 Å². The maximum absolute atomic E-state index is 5.50. The number of hydrogen-bond acceptors (Lipinski definition) is 4. The molecule has 2 aromatic rings. The first-order chi connectivity index (χ1) is 9.38. The van der Waals surface area contributed by atoms with Gasteiger partial charge in [0.05, 0.1) is 5.69 Å². The summed E-state index contributed by atoms with van der Waals surface area (Å²) in [7, 11) is 0. The van der Waals surface area contributed by atoms with Crippen molar-refractivity contribution >= 4 is 5.95 Å². The van der Waals surface area contributed by atoms with Gasteiger partial charge in [-0.3, -0.25) is 0 Å². The van der Waals surface area contributed by atoms with Crippen LogP contribution in [0.4, 0.5) is 5.95 Å². The molecule has 1 aliphatic carbocycles. The second-order valence-corrected chi connectivity index (χ2v) is 4.79. The van der Waals surface area contributed by atoms with E-state index in [-0.39, 0.29) is 0 Å². The quantitative estimate of drug-likeness (QED) is 0.879. The van der Waals surface area contributed by atoms with E-state index in [1.54, 1.807) is 0 Å². The summed E-state index contributed by atoms with van der Waals surface area (Å²) < 4.78 is 0. The smallest absolute Gasteiger partial charge is 0.223 e. The normalized spacial score (nSPS) is 13.3. The van der Waals surface area contributed by atoms with E-state index in [0.29, 0.717) is 19.0 Å². The zero-order valence-electron chi connectivity index (χ0n) is 10.9. The van der Waals surface area contributed by atoms with E-state index in [1.807, 2.05) is 6.20 Å². The molecule has 4 heteroatoms. The molecular weight excluding hydrogens is 236 g/mol. The van der Waals surface area contributed by atoms with Gasteiger partial charge in [0.25, 0.3) is 0 Å². The number of nitrogens with two attached hydrogens (primary N) is 1. The van der Waals surface area contributed by atoms with Crippen LogP contribution in [0.2, 0.25) is 0 Å². The minimum atomic E-state index is 0.580. The first-order valence-electron chi connectivity index (χ1n) is 6.76. The van der Waals surface area contributed by atoms with Gasteiger partial charge in [-0.05, 0) is 30.4 Å². The van der Waals surface area contributed by atoms with Crippen molar-refractivity contribution in [1.29, 1.82) is 0 Å². The molecule has 19 heavy (non-hydrogen) atoms. The summed E-state index contributed by atoms with van der Waals surface area (Å²) in [6, 6.07) is 8.51. The summed E-state index contributed by atoms with van der Waals surface area (Å²) in [6.07, 6.45) is 5.26. The molecule has 4 nitrogen and oxygen atoms in total. The number of aromatic nitrogens is 2. The van der Waals surface area contributed by atoms with Crippen molar-refractivity contribution in [1.82, 2.24) is 9.97 Å². The Morgan fingerprint density at radius 3 is 2.89 bits per heavy atom. The van der Waals surface area contributed by atoms with Crippen LogP contribution in [-0.2, 0) is 12.8 Å². The van der Waals surface area contributed by atoms with Crippen LogP contribution < -0.4 is 11.1 Å². The van der Waals surface area contributed by atoms with Crippen LogP contribution in [0.3, 0.4) is 0 Å². The molecule has 1 aromatic heterocycles. The number of anilines is 1. The Morgan fingerprint density at radius 2 is 2.00 bits per heavy atom. The number of aryl methyl sites for hydroxylation is 2. The molecule has 3 rings (SSSR count). The van der Waals surface area contributed by atoms with E-state index in [0.717, 1.165) is 25.0 Å². The lowest BCUT2D eigenvalue weighted by Crippen LogP contribution is -2.15. The molecule has 0 aliphatic heterocycles. The molecule has 0 spiro atoms. The maximum Gasteiger partial charge on any atom is 0.223 e. The maximum atomic E-state index is 5.50. The van der Waals surface area contributed by atoms with Gasteiger partial charge in [-0.25, -0.2) is 9.97 Å². The van der Waals surface area contributed by atoms with Gasteiger partial charge in [-0.2, -0.15) is 0 Å². The van der Waals surface area contributed by atoms with Gasteiger partial charge in [0, 0.05) is 24.8 Å². The van der Waals surface area contributed by atoms with Crippen molar-refractivity contribution in [2.45, 2.75) is 19.3 Å². The largest absolute Gasteiger partial charge is 0.353 e. The van der Waals surface area contributed by atoms with Crippen molar-refractivity contribution in [3.8, 4) is 11.3 Å². The monoisotopic (exact) mass is 254 g/mol. The molecule has 1 heterocycles. The molecule has 98 valence electrons. The van der Waals surface area contributed by atoms with E-state index in [2.05, 4.69) is 39.6 Å². The highest BCUT2D eigenvalue weighted by molar-refractivity contribution is 5.68. The Kier molecular flexibility index (Phi) is 3.42. The topological polar surface area (TPSA) is 63.8 Å². The molecule has 0 saturated heterocycles. The fourth-order valence-electron chi connectivity index (χ4n) is 2.53. The Bertz CT molecular complexity index is 580. The summed E-state index contributed by atoms with van der Waals surface area (Å²) in [5.41, 5.74) is 10.4. The van der Waals surface area contributed by atoms with Crippen LogP contribution in [0.5, 0.6) is 0 Å². The second-order valence-electron chi connectivity index (χ2n) is 4.79. The van der Waals surface area contributed by atoms with Crippen LogP contribution in [0, 0.1) is 0 Å². The molecule has 3 N–H and O–H groups in total. The van der Waals surface area contributed by atoms with Crippen molar-refractivity contribution < 1.29 is 0 Å². The van der Waals surface area contributed by atoms with Crippen LogP contribution in [0.1, 0.15) is 17.5 Å². The van der Waals surface area contributed by atoms with Crippen molar-refractivity contribution in [3.05, 3.63) is 41.6 Å². The summed E-state index contributed by atoms with van der Waals surface area (Å²) in [5, 5.41) is 3.15. The number of nitrogens with one attached hydrogen (secondary N) is 1. The minimum Gasteiger partial charge on any atom is -0.353 e. The minimum absolute atomic E-state index is 0.580. The first-order valence-corrected chi connectivity index (χ1v) is 6.76. The Hall–Kier alpha value is -1.94. The SMILES string of the molecule is NCCNc1ncc2c(n1)-c1ccccc1CCC2. The summed E-state index contributed by atoms with van der Waals surface area (Å²) >= 11 is 0. The van der Waals surface area contributed by atoms with Crippen LogP contribution in [0.25, 0.3) is 11.3 Å². The lowest BCUT2D eigenvalue weighted by molar-refractivity contribution is 0.828. The highest BCUT2D eigenvalue weighted by Gasteiger charge is 2.16. The lowest BCUT2D eigenvalue weighted by atomic mass is 10.0. The third-order valence-electron chi connectivity index (χ3n) is 3.46. The van der Waals surface area contributed by atoms with Crippen molar-refractivity contribution in [2.75, 3.05) is 18.4 Å². The van der Waals surface area contributed by atoms with E-state index >= 15 is 0 Å². The number of hydrogen-bond donors (Lipinski definition) is 2. The number of benzene rings is 1. The molecule has 0 saturated carbocycles. The first kappa shape index (κ1) is 12.1. The van der Waals surface area contributed by atoms with Gasteiger partial charge in [0.2, 0.25) is 5.95 Å². The summed E-state index contributed by atoms with van der Waals surface area (Å²) in [5.74, 6) is 0.668. The third kappa shape index (κ3) is 2.44. The van der Waals surface area contributed by atoms with E-state index in [4.69, 9.17) is 5.73 Å². The molecular formula is C15H18N4. The standard InChI is InChI=1S/C15H18N4/c16-8-9-17-15-18-10-12-6-3-5-11-4-1-2-7-13(11)14(12)19-15/h1-2,4,7,10H,3,5-6,8-9,16H2,(H,17,18,19). The van der Waals surface area contributed by atoms with Crippen molar-refractivity contribution in [3.63, 3.8) is 0 Å². The van der Waals surface area contributed by atoms with Crippen LogP contribution in [-0.4, -0.2) is 23.1 Å². The zero-order valence-corrected chi connectivity index (χ0v) is 10.9. The molecule has 0 radical (unpaired) electrons. The molecule has 1 aromatic carbocycles. The average Bonchev–Trinajstić information content (AvgIpc) is 2.64. The van der Waals surface area contributed by atoms with Gasteiger partial charge >= 0.3 is 0 Å². The fourth-order valence-corrected chi connectivity index (χ4v) is 2.53. The molecule has 0 bridgehead atoms. The number of nitrogens with zero attached hydrogens (tertiary/aromatic N) is 2. The fraction of sp³-hybridized carbons (Fsp3) is 0.333. The molecule has 0 unspecified atom stereocenters. The van der Waals surface area contributed by atoms with Gasteiger partial charge in [-0.1, -0.05) is 24.3 Å². The Balaban J connectivity index is 2.05. The number of fused-ring (bicyclic) bond motifs is 3. The average molecular weight is 254 g/mol. The summed E-state index contributed by atoms with van der Waals surface area (Å²) in [4.78, 5) is 9.04. The Morgan fingerprint density at radius 1 is 1.16 bits per heavy atom. The molecule has 0 amide bonds.